The predicted molar refractivity (Wildman–Crippen MR) is 97.5 cm³/mol. The lowest BCUT2D eigenvalue weighted by Gasteiger charge is -2.32. The highest BCUT2D eigenvalue weighted by Gasteiger charge is 2.25. The second-order valence-corrected chi connectivity index (χ2v) is 7.61. The quantitative estimate of drug-likeness (QED) is 0.597. The molecule has 1 nitrogen and oxygen atoms in total. The number of fused-ring (bicyclic) bond motifs is 1. The van der Waals surface area contributed by atoms with Crippen LogP contribution in [0.4, 0.5) is 0 Å². The number of ether oxygens (including phenoxy) is 1. The SMILES string of the molecule is CCC(C)C1CCC(Oc2ccc3cc(Br)ccc3c2)CC1. The summed E-state index contributed by atoms with van der Waals surface area (Å²) in [6.07, 6.45) is 6.74. The van der Waals surface area contributed by atoms with Crippen LogP contribution in [-0.4, -0.2) is 6.10 Å². The van der Waals surface area contributed by atoms with E-state index in [-0.39, 0.29) is 0 Å². The number of rotatable bonds is 4. The van der Waals surface area contributed by atoms with E-state index in [9.17, 15) is 0 Å². The summed E-state index contributed by atoms with van der Waals surface area (Å²) in [6, 6.07) is 12.8. The van der Waals surface area contributed by atoms with Crippen LogP contribution in [0.1, 0.15) is 46.0 Å². The molecule has 0 saturated heterocycles. The van der Waals surface area contributed by atoms with Gasteiger partial charge in [-0.15, -0.1) is 0 Å². The van der Waals surface area contributed by atoms with Gasteiger partial charge in [-0.2, -0.15) is 0 Å². The Morgan fingerprint density at radius 2 is 1.73 bits per heavy atom. The van der Waals surface area contributed by atoms with Gasteiger partial charge in [0.1, 0.15) is 5.75 Å². The lowest BCUT2D eigenvalue weighted by atomic mass is 9.79. The maximum Gasteiger partial charge on any atom is 0.120 e. The summed E-state index contributed by atoms with van der Waals surface area (Å²) in [4.78, 5) is 0. The van der Waals surface area contributed by atoms with E-state index in [0.29, 0.717) is 6.10 Å². The van der Waals surface area contributed by atoms with Crippen molar-refractivity contribution >= 4 is 26.7 Å². The molecule has 3 rings (SSSR count). The highest BCUT2D eigenvalue weighted by molar-refractivity contribution is 9.10. The minimum Gasteiger partial charge on any atom is -0.490 e. The van der Waals surface area contributed by atoms with Crippen molar-refractivity contribution in [3.05, 3.63) is 40.9 Å². The Kier molecular flexibility index (Phi) is 5.07. The molecule has 118 valence electrons. The van der Waals surface area contributed by atoms with E-state index >= 15 is 0 Å². The zero-order valence-electron chi connectivity index (χ0n) is 13.5. The Bertz CT molecular complexity index is 629. The van der Waals surface area contributed by atoms with Gasteiger partial charge in [0.15, 0.2) is 0 Å². The molecule has 0 spiro atoms. The largest absolute Gasteiger partial charge is 0.490 e. The van der Waals surface area contributed by atoms with Crippen molar-refractivity contribution in [1.82, 2.24) is 0 Å². The minimum absolute atomic E-state index is 0.396. The van der Waals surface area contributed by atoms with E-state index in [0.717, 1.165) is 22.1 Å². The second kappa shape index (κ2) is 7.04. The fourth-order valence-corrected chi connectivity index (χ4v) is 3.95. The summed E-state index contributed by atoms with van der Waals surface area (Å²) >= 11 is 3.52. The summed E-state index contributed by atoms with van der Waals surface area (Å²) in [5.41, 5.74) is 0. The summed E-state index contributed by atoms with van der Waals surface area (Å²) in [5, 5.41) is 2.50. The average Bonchev–Trinajstić information content (AvgIpc) is 2.55. The summed E-state index contributed by atoms with van der Waals surface area (Å²) in [5.74, 6) is 2.78. The molecule has 2 aromatic carbocycles. The normalized spacial score (nSPS) is 23.4. The molecule has 0 bridgehead atoms. The van der Waals surface area contributed by atoms with Gasteiger partial charge in [-0.25, -0.2) is 0 Å². The topological polar surface area (TPSA) is 9.23 Å². The van der Waals surface area contributed by atoms with Gasteiger partial charge < -0.3 is 4.74 Å². The number of hydrogen-bond donors (Lipinski definition) is 0. The molecule has 22 heavy (non-hydrogen) atoms. The smallest absolute Gasteiger partial charge is 0.120 e. The van der Waals surface area contributed by atoms with Crippen molar-refractivity contribution < 1.29 is 4.74 Å². The van der Waals surface area contributed by atoms with Gasteiger partial charge in [0.05, 0.1) is 6.10 Å². The summed E-state index contributed by atoms with van der Waals surface area (Å²) in [6.45, 7) is 4.70. The van der Waals surface area contributed by atoms with Gasteiger partial charge in [0.25, 0.3) is 0 Å². The summed E-state index contributed by atoms with van der Waals surface area (Å²) < 4.78 is 7.37. The Hall–Kier alpha value is -1.02. The standard InChI is InChI=1S/C20H25BrO/c1-3-14(2)15-5-9-19(10-6-15)22-20-11-7-16-12-18(21)8-4-17(16)13-20/h4,7-8,11-15,19H,3,5-6,9-10H2,1-2H3. The van der Waals surface area contributed by atoms with Crippen molar-refractivity contribution in [3.63, 3.8) is 0 Å². The number of hydrogen-bond acceptors (Lipinski definition) is 1. The predicted octanol–water partition coefficient (Wildman–Crippen LogP) is 6.59. The molecule has 0 radical (unpaired) electrons. The van der Waals surface area contributed by atoms with Crippen molar-refractivity contribution in [2.75, 3.05) is 0 Å². The molecule has 2 heteroatoms. The molecule has 2 aromatic rings. The lowest BCUT2D eigenvalue weighted by Crippen LogP contribution is -2.26. The third-order valence-electron chi connectivity index (χ3n) is 5.24. The molecule has 0 N–H and O–H groups in total. The lowest BCUT2D eigenvalue weighted by molar-refractivity contribution is 0.113. The maximum atomic E-state index is 6.24. The van der Waals surface area contributed by atoms with Crippen LogP contribution < -0.4 is 4.74 Å². The Labute approximate surface area is 142 Å². The fraction of sp³-hybridized carbons (Fsp3) is 0.500. The van der Waals surface area contributed by atoms with Crippen molar-refractivity contribution in [2.45, 2.75) is 52.1 Å². The third-order valence-corrected chi connectivity index (χ3v) is 5.74. The third kappa shape index (κ3) is 3.65. The molecule has 1 atom stereocenters. The highest BCUT2D eigenvalue weighted by Crippen LogP contribution is 2.34. The number of benzene rings is 2. The van der Waals surface area contributed by atoms with E-state index in [1.807, 2.05) is 0 Å². The van der Waals surface area contributed by atoms with Crippen molar-refractivity contribution in [3.8, 4) is 5.75 Å². The van der Waals surface area contributed by atoms with Gasteiger partial charge >= 0.3 is 0 Å². The molecule has 1 saturated carbocycles. The molecule has 0 heterocycles. The van der Waals surface area contributed by atoms with E-state index < -0.39 is 0 Å². The minimum atomic E-state index is 0.396. The molecule has 1 aliphatic carbocycles. The van der Waals surface area contributed by atoms with Gasteiger partial charge in [-0.3, -0.25) is 0 Å². The van der Waals surface area contributed by atoms with E-state index in [4.69, 9.17) is 4.74 Å². The van der Waals surface area contributed by atoms with E-state index in [1.165, 1.54) is 42.9 Å². The summed E-state index contributed by atoms with van der Waals surface area (Å²) in [7, 11) is 0. The van der Waals surface area contributed by atoms with Gasteiger partial charge in [0, 0.05) is 4.47 Å². The van der Waals surface area contributed by atoms with Crippen LogP contribution in [0.3, 0.4) is 0 Å². The Balaban J connectivity index is 1.63. The Morgan fingerprint density at radius 1 is 1.05 bits per heavy atom. The molecule has 0 amide bonds. The molecular formula is C20H25BrO. The van der Waals surface area contributed by atoms with Crippen LogP contribution in [0.15, 0.2) is 40.9 Å². The monoisotopic (exact) mass is 360 g/mol. The van der Waals surface area contributed by atoms with Gasteiger partial charge in [0.2, 0.25) is 0 Å². The second-order valence-electron chi connectivity index (χ2n) is 6.69. The van der Waals surface area contributed by atoms with Gasteiger partial charge in [-0.05, 0) is 72.6 Å². The van der Waals surface area contributed by atoms with Crippen LogP contribution >= 0.6 is 15.9 Å². The van der Waals surface area contributed by atoms with Crippen LogP contribution in [0.25, 0.3) is 10.8 Å². The zero-order valence-corrected chi connectivity index (χ0v) is 15.1. The van der Waals surface area contributed by atoms with Crippen LogP contribution in [0.2, 0.25) is 0 Å². The maximum absolute atomic E-state index is 6.24. The molecule has 0 aromatic heterocycles. The van der Waals surface area contributed by atoms with Gasteiger partial charge in [-0.1, -0.05) is 48.3 Å². The first-order valence-corrected chi connectivity index (χ1v) is 9.31. The van der Waals surface area contributed by atoms with E-state index in [2.05, 4.69) is 66.2 Å². The first-order valence-electron chi connectivity index (χ1n) is 8.51. The molecule has 0 aliphatic heterocycles. The van der Waals surface area contributed by atoms with Crippen LogP contribution in [0, 0.1) is 11.8 Å². The van der Waals surface area contributed by atoms with E-state index in [1.54, 1.807) is 0 Å². The van der Waals surface area contributed by atoms with Crippen LogP contribution in [0.5, 0.6) is 5.75 Å². The van der Waals surface area contributed by atoms with Crippen molar-refractivity contribution in [1.29, 1.82) is 0 Å². The molecule has 1 unspecified atom stereocenters. The number of halogens is 1. The molecule has 1 aliphatic rings. The molecular weight excluding hydrogens is 336 g/mol. The average molecular weight is 361 g/mol. The fourth-order valence-electron chi connectivity index (χ4n) is 3.57. The first kappa shape index (κ1) is 15.9. The van der Waals surface area contributed by atoms with Crippen LogP contribution in [-0.2, 0) is 0 Å². The zero-order chi connectivity index (χ0) is 15.5. The Morgan fingerprint density at radius 3 is 2.45 bits per heavy atom. The molecule has 1 fully saturated rings. The van der Waals surface area contributed by atoms with Crippen molar-refractivity contribution in [2.24, 2.45) is 11.8 Å². The first-order chi connectivity index (χ1) is 10.7. The highest BCUT2D eigenvalue weighted by atomic mass is 79.9.